The Bertz CT molecular complexity index is 124. The summed E-state index contributed by atoms with van der Waals surface area (Å²) in [5, 5.41) is 7.33. The zero-order valence-corrected chi connectivity index (χ0v) is 10.5. The predicted molar refractivity (Wildman–Crippen MR) is 55.0 cm³/mol. The average molecular weight is 246 g/mol. The summed E-state index contributed by atoms with van der Waals surface area (Å²) in [6.07, 6.45) is 0.750. The van der Waals surface area contributed by atoms with E-state index < -0.39 is 17.7 Å². The van der Waals surface area contributed by atoms with Gasteiger partial charge < -0.3 is 18.4 Å². The first-order valence-electron chi connectivity index (χ1n) is 3.24. The zero-order valence-electron chi connectivity index (χ0n) is 8.41. The van der Waals surface area contributed by atoms with Gasteiger partial charge in [0.1, 0.15) is 0 Å². The lowest BCUT2D eigenvalue weighted by atomic mass is 11.2. The summed E-state index contributed by atoms with van der Waals surface area (Å²) in [5.41, 5.74) is 4.18. The van der Waals surface area contributed by atoms with E-state index in [-0.39, 0.29) is 0 Å². The second-order valence-corrected chi connectivity index (χ2v) is 4.08. The van der Waals surface area contributed by atoms with Gasteiger partial charge >= 0.3 is 17.7 Å². The summed E-state index contributed by atoms with van der Waals surface area (Å²) in [4.78, 5) is 7.34. The maximum absolute atomic E-state index is 8.93. The molecule has 0 aliphatic carbocycles. The number of hydrogen-bond donors (Lipinski definition) is 3. The lowest BCUT2D eigenvalue weighted by Gasteiger charge is -2.05. The van der Waals surface area contributed by atoms with Crippen LogP contribution in [-0.2, 0) is 17.8 Å². The molecule has 0 aromatic heterocycles. The van der Waals surface area contributed by atoms with Crippen LogP contribution in [0.1, 0.15) is 0 Å². The molecule has 4 N–H and O–H groups in total. The van der Waals surface area contributed by atoms with E-state index in [4.69, 9.17) is 27.8 Å². The van der Waals surface area contributed by atoms with E-state index in [2.05, 4.69) is 12.1 Å². The molecule has 1 atom stereocenters. The van der Waals surface area contributed by atoms with E-state index in [1.54, 1.807) is 21.3 Å². The van der Waals surface area contributed by atoms with Crippen LogP contribution in [0, 0.1) is 0 Å². The van der Waals surface area contributed by atoms with Crippen LogP contribution in [0.25, 0.3) is 0 Å². The van der Waals surface area contributed by atoms with Gasteiger partial charge in [-0.15, -0.1) is 4.89 Å². The quantitative estimate of drug-likeness (QED) is 0.363. The smallest absolute Gasteiger partial charge is 0.516 e. The van der Waals surface area contributed by atoms with Gasteiger partial charge in [-0.2, -0.15) is 0 Å². The molecule has 0 aliphatic heterocycles. The monoisotopic (exact) mass is 246 g/mol. The van der Waals surface area contributed by atoms with Gasteiger partial charge in [-0.1, -0.05) is 12.1 Å². The Morgan fingerprint density at radius 2 is 1.50 bits per heavy atom. The van der Waals surface area contributed by atoms with E-state index in [0.717, 1.165) is 6.26 Å². The second-order valence-electron chi connectivity index (χ2n) is 1.48. The fourth-order valence-corrected chi connectivity index (χ4v) is 0.866. The minimum atomic E-state index is -2.37. The Balaban J connectivity index is -0.000000147. The van der Waals surface area contributed by atoms with Crippen LogP contribution in [0.4, 0.5) is 0 Å². The van der Waals surface area contributed by atoms with Gasteiger partial charge in [0.25, 0.3) is 0 Å². The summed E-state index contributed by atoms with van der Waals surface area (Å²) in [7, 11) is 0.678. The second kappa shape index (κ2) is 18.4. The minimum Gasteiger partial charge on any atom is -0.516 e. The van der Waals surface area contributed by atoms with Crippen molar-refractivity contribution in [3.63, 3.8) is 0 Å². The van der Waals surface area contributed by atoms with Crippen LogP contribution < -0.4 is 5.50 Å². The number of nitrogens with two attached hydrogens (primary N) is 1. The van der Waals surface area contributed by atoms with Crippen molar-refractivity contribution >= 4 is 17.7 Å². The Morgan fingerprint density at radius 1 is 1.36 bits per heavy atom. The molecule has 0 radical (unpaired) electrons. The molecule has 0 amide bonds. The van der Waals surface area contributed by atoms with Gasteiger partial charge in [-0.3, -0.25) is 0 Å². The van der Waals surface area contributed by atoms with Crippen LogP contribution in [0.5, 0.6) is 0 Å². The fourth-order valence-electron chi connectivity index (χ4n) is 0.289. The first kappa shape index (κ1) is 19.3. The van der Waals surface area contributed by atoms with Crippen LogP contribution >= 0.6 is 8.18 Å². The van der Waals surface area contributed by atoms with E-state index in [9.17, 15) is 0 Å². The molecular formula is C5H17NO6PSi+. The molecule has 14 heavy (non-hydrogen) atoms. The van der Waals surface area contributed by atoms with Crippen LogP contribution in [-0.4, -0.2) is 40.9 Å². The molecular weight excluding hydrogens is 229 g/mol. The molecule has 0 heterocycles. The molecule has 0 aliphatic rings. The Hall–Kier alpha value is -0.343. The van der Waals surface area contributed by atoms with E-state index in [1.165, 1.54) is 0 Å². The van der Waals surface area contributed by atoms with Crippen molar-refractivity contribution in [2.75, 3.05) is 21.3 Å². The van der Waals surface area contributed by atoms with Gasteiger partial charge in [0.15, 0.2) is 0 Å². The van der Waals surface area contributed by atoms with Gasteiger partial charge in [-0.05, 0) is 4.57 Å². The number of aliphatic hydroxyl groups excluding tert-OH is 1. The molecule has 0 saturated heterocycles. The molecule has 9 heteroatoms. The highest BCUT2D eigenvalue weighted by atomic mass is 31.1. The van der Waals surface area contributed by atoms with Gasteiger partial charge in [0.05, 0.1) is 6.26 Å². The highest BCUT2D eigenvalue weighted by molar-refractivity contribution is 7.35. The summed E-state index contributed by atoms with van der Waals surface area (Å²) in [5.74, 6) is 0. The summed E-state index contributed by atoms with van der Waals surface area (Å²) in [6.45, 7) is 2.92. The molecule has 0 saturated carbocycles. The molecule has 0 aromatic rings. The number of rotatable bonds is 3. The number of aliphatic hydroxyl groups is 1. The molecule has 0 aromatic carbocycles. The van der Waals surface area contributed by atoms with Gasteiger partial charge in [0, 0.05) is 21.3 Å². The SMILES string of the molecule is C=CO.CO[SiH](OC)OC.N[P+](=O)O. The number of hydrogen-bond acceptors (Lipinski definition) is 5. The maximum atomic E-state index is 8.93. The normalized spacial score (nSPS) is 9.14. The lowest BCUT2D eigenvalue weighted by molar-refractivity contribution is 0.163. The van der Waals surface area contributed by atoms with Crippen LogP contribution in [0.3, 0.4) is 0 Å². The predicted octanol–water partition coefficient (Wildman–Crippen LogP) is -0.0745. The van der Waals surface area contributed by atoms with Gasteiger partial charge in [-0.25, -0.2) is 0 Å². The Morgan fingerprint density at radius 3 is 1.50 bits per heavy atom. The van der Waals surface area contributed by atoms with Crippen molar-refractivity contribution in [2.24, 2.45) is 5.50 Å². The van der Waals surface area contributed by atoms with Crippen LogP contribution in [0.15, 0.2) is 12.8 Å². The van der Waals surface area contributed by atoms with E-state index >= 15 is 0 Å². The third-order valence-electron chi connectivity index (χ3n) is 0.577. The van der Waals surface area contributed by atoms with Gasteiger partial charge in [0.2, 0.25) is 0 Å². The molecule has 0 spiro atoms. The molecule has 0 bridgehead atoms. The van der Waals surface area contributed by atoms with Crippen molar-refractivity contribution in [1.82, 2.24) is 0 Å². The summed E-state index contributed by atoms with van der Waals surface area (Å²) >= 11 is 0. The van der Waals surface area contributed by atoms with Crippen molar-refractivity contribution in [2.45, 2.75) is 0 Å². The summed E-state index contributed by atoms with van der Waals surface area (Å²) < 4.78 is 23.2. The van der Waals surface area contributed by atoms with Crippen LogP contribution in [0.2, 0.25) is 0 Å². The lowest BCUT2D eigenvalue weighted by Crippen LogP contribution is -2.21. The fraction of sp³-hybridized carbons (Fsp3) is 0.600. The Labute approximate surface area is 86.0 Å². The topological polar surface area (TPSA) is 111 Å². The zero-order chi connectivity index (χ0) is 12.0. The first-order chi connectivity index (χ1) is 6.49. The van der Waals surface area contributed by atoms with Crippen molar-refractivity contribution in [1.29, 1.82) is 0 Å². The maximum Gasteiger partial charge on any atom is 0.607 e. The van der Waals surface area contributed by atoms with E-state index in [0.29, 0.717) is 0 Å². The van der Waals surface area contributed by atoms with Crippen molar-refractivity contribution in [3.8, 4) is 0 Å². The van der Waals surface area contributed by atoms with Crippen molar-refractivity contribution in [3.05, 3.63) is 12.8 Å². The van der Waals surface area contributed by atoms with Crippen molar-refractivity contribution < 1.29 is 27.8 Å². The average Bonchev–Trinajstić information content (AvgIpc) is 2.08. The summed E-state index contributed by atoms with van der Waals surface area (Å²) in [6, 6.07) is 0. The first-order valence-corrected chi connectivity index (χ1v) is 5.93. The molecule has 86 valence electrons. The molecule has 0 rings (SSSR count). The Kier molecular flexibility index (Phi) is 25.4. The molecule has 0 fully saturated rings. The highest BCUT2D eigenvalue weighted by Gasteiger charge is 2.04. The third-order valence-corrected chi connectivity index (χ3v) is 1.73. The minimum absolute atomic E-state index is 0.750. The standard InChI is InChI=1S/C3H10O3Si.C2H4O.H2NO2P/c1-4-7(5-2)6-3;1-2-3;1-4(2)3/h7H,1-3H3;2-3H,1H2;(H2-,1,2,3)/p+1. The van der Waals surface area contributed by atoms with E-state index in [1.807, 2.05) is 0 Å². The largest absolute Gasteiger partial charge is 0.607 e. The molecule has 7 nitrogen and oxygen atoms in total. The third kappa shape index (κ3) is 41.4. The highest BCUT2D eigenvalue weighted by Crippen LogP contribution is 1.91. The molecule has 1 unspecified atom stereocenters.